The van der Waals surface area contributed by atoms with Gasteiger partial charge in [-0.3, -0.25) is 0 Å². The van der Waals surface area contributed by atoms with Crippen molar-refractivity contribution in [3.8, 4) is 0 Å². The molecule has 1 aliphatic carbocycles. The summed E-state index contributed by atoms with van der Waals surface area (Å²) in [6.45, 7) is 0. The second-order valence-corrected chi connectivity index (χ2v) is 7.46. The van der Waals surface area contributed by atoms with Crippen molar-refractivity contribution >= 4 is 22.4 Å². The van der Waals surface area contributed by atoms with Crippen molar-refractivity contribution in [1.29, 1.82) is 0 Å². The molecule has 0 amide bonds. The Bertz CT molecular complexity index is 1050. The molecule has 0 saturated heterocycles. The predicted octanol–water partition coefficient (Wildman–Crippen LogP) is 4.70. The van der Waals surface area contributed by atoms with Crippen molar-refractivity contribution in [1.82, 2.24) is 0 Å². The van der Waals surface area contributed by atoms with Crippen LogP contribution in [0.2, 0.25) is 0 Å². The first-order chi connectivity index (χ1) is 13.7. The Kier molecular flexibility index (Phi) is 4.70. The molecule has 1 aliphatic rings. The van der Waals surface area contributed by atoms with E-state index in [-0.39, 0.29) is 17.1 Å². The van der Waals surface area contributed by atoms with Crippen LogP contribution in [-0.4, -0.2) is 17.7 Å². The van der Waals surface area contributed by atoms with Crippen molar-refractivity contribution in [3.63, 3.8) is 0 Å². The Labute approximate surface area is 165 Å². The smallest absolute Gasteiger partial charge is 0.335 e. The molecule has 3 N–H and O–H groups in total. The minimum absolute atomic E-state index is 0.167. The molecule has 150 valence electrons. The zero-order chi connectivity index (χ0) is 20.6. The van der Waals surface area contributed by atoms with E-state index in [0.717, 1.165) is 18.4 Å². The summed E-state index contributed by atoms with van der Waals surface area (Å²) in [5.41, 5.74) is 10.7. The van der Waals surface area contributed by atoms with Gasteiger partial charge in [0.2, 0.25) is 0 Å². The van der Waals surface area contributed by atoms with Gasteiger partial charge in [-0.2, -0.15) is 13.2 Å². The molecule has 29 heavy (non-hydrogen) atoms. The SMILES string of the molecule is NC1(Cc2ccc3ccccc3c2)CC1c1ccc(NOC(=O)C(F)(F)F)cc1. The van der Waals surface area contributed by atoms with Gasteiger partial charge in [0.05, 0.1) is 5.69 Å². The van der Waals surface area contributed by atoms with E-state index in [1.54, 1.807) is 24.3 Å². The molecule has 4 rings (SSSR count). The molecule has 0 bridgehead atoms. The van der Waals surface area contributed by atoms with Gasteiger partial charge < -0.3 is 10.6 Å². The molecule has 4 nitrogen and oxygen atoms in total. The van der Waals surface area contributed by atoms with Gasteiger partial charge in [0, 0.05) is 11.5 Å². The zero-order valence-electron chi connectivity index (χ0n) is 15.4. The highest BCUT2D eigenvalue weighted by Crippen LogP contribution is 2.51. The fourth-order valence-electron chi connectivity index (χ4n) is 3.64. The maximum Gasteiger partial charge on any atom is 0.493 e. The number of carbonyl (C=O) groups is 1. The largest absolute Gasteiger partial charge is 0.493 e. The number of hydrogen-bond acceptors (Lipinski definition) is 4. The summed E-state index contributed by atoms with van der Waals surface area (Å²) < 4.78 is 36.5. The third kappa shape index (κ3) is 4.19. The van der Waals surface area contributed by atoms with Crippen molar-refractivity contribution in [2.45, 2.75) is 30.5 Å². The van der Waals surface area contributed by atoms with Crippen LogP contribution < -0.4 is 11.2 Å². The predicted molar refractivity (Wildman–Crippen MR) is 104 cm³/mol. The third-order valence-corrected chi connectivity index (χ3v) is 5.27. The van der Waals surface area contributed by atoms with Crippen molar-refractivity contribution in [2.24, 2.45) is 5.73 Å². The summed E-state index contributed by atoms with van der Waals surface area (Å²) in [6, 6.07) is 21.2. The molecular weight excluding hydrogens is 381 g/mol. The fraction of sp³-hybridized carbons (Fsp3) is 0.227. The normalized spacial score (nSPS) is 21.0. The number of carbonyl (C=O) groups excluding carboxylic acids is 1. The van der Waals surface area contributed by atoms with Gasteiger partial charge in [0.1, 0.15) is 0 Å². The van der Waals surface area contributed by atoms with E-state index < -0.39 is 12.1 Å². The van der Waals surface area contributed by atoms with Crippen LogP contribution in [0.15, 0.2) is 66.7 Å². The van der Waals surface area contributed by atoms with Crippen LogP contribution in [0, 0.1) is 0 Å². The van der Waals surface area contributed by atoms with E-state index >= 15 is 0 Å². The Morgan fingerprint density at radius 1 is 1.07 bits per heavy atom. The van der Waals surface area contributed by atoms with Gasteiger partial charge in [-0.1, -0.05) is 54.6 Å². The summed E-state index contributed by atoms with van der Waals surface area (Å²) >= 11 is 0. The van der Waals surface area contributed by atoms with E-state index in [1.807, 2.05) is 17.6 Å². The van der Waals surface area contributed by atoms with Crippen LogP contribution >= 0.6 is 0 Å². The molecule has 0 aliphatic heterocycles. The standard InChI is InChI=1S/C22H19F3N2O2/c23-22(24,25)20(28)29-27-18-9-7-16(8-10-18)19-13-21(19,26)12-14-5-6-15-3-1-2-4-17(15)11-14/h1-11,19,27H,12-13,26H2. The average molecular weight is 400 g/mol. The quantitative estimate of drug-likeness (QED) is 0.610. The van der Waals surface area contributed by atoms with Crippen LogP contribution in [0.25, 0.3) is 10.8 Å². The molecule has 2 atom stereocenters. The first-order valence-electron chi connectivity index (χ1n) is 9.15. The van der Waals surface area contributed by atoms with E-state index in [2.05, 4.69) is 35.2 Å². The summed E-state index contributed by atoms with van der Waals surface area (Å²) in [4.78, 5) is 14.8. The van der Waals surface area contributed by atoms with Gasteiger partial charge >= 0.3 is 12.1 Å². The highest BCUT2D eigenvalue weighted by molar-refractivity contribution is 5.83. The lowest BCUT2D eigenvalue weighted by Crippen LogP contribution is -2.27. The number of alkyl halides is 3. The molecule has 3 aromatic carbocycles. The molecule has 0 radical (unpaired) electrons. The summed E-state index contributed by atoms with van der Waals surface area (Å²) in [5.74, 6) is -2.12. The summed E-state index contributed by atoms with van der Waals surface area (Å²) in [6.07, 6.45) is -3.47. The number of anilines is 1. The number of halogens is 3. The topological polar surface area (TPSA) is 64.3 Å². The van der Waals surface area contributed by atoms with Gasteiger partial charge in [-0.15, -0.1) is 0 Å². The highest BCUT2D eigenvalue weighted by atomic mass is 19.4. The second kappa shape index (κ2) is 7.08. The second-order valence-electron chi connectivity index (χ2n) is 7.46. The molecule has 0 spiro atoms. The maximum absolute atomic E-state index is 12.2. The van der Waals surface area contributed by atoms with E-state index in [9.17, 15) is 18.0 Å². The Hall–Kier alpha value is -3.06. The molecule has 2 unspecified atom stereocenters. The lowest BCUT2D eigenvalue weighted by atomic mass is 9.97. The molecule has 7 heteroatoms. The Morgan fingerprint density at radius 2 is 1.76 bits per heavy atom. The Morgan fingerprint density at radius 3 is 2.45 bits per heavy atom. The van der Waals surface area contributed by atoms with Gasteiger partial charge in [-0.25, -0.2) is 10.3 Å². The van der Waals surface area contributed by atoms with Gasteiger partial charge in [0.25, 0.3) is 0 Å². The van der Waals surface area contributed by atoms with Crippen LogP contribution in [-0.2, 0) is 16.1 Å². The number of benzene rings is 3. The molecule has 0 heterocycles. The molecule has 1 saturated carbocycles. The molecule has 3 aromatic rings. The van der Waals surface area contributed by atoms with Crippen LogP contribution in [0.3, 0.4) is 0 Å². The summed E-state index contributed by atoms with van der Waals surface area (Å²) in [5, 5.41) is 2.36. The van der Waals surface area contributed by atoms with Crippen LogP contribution in [0.5, 0.6) is 0 Å². The number of nitrogens with one attached hydrogen (secondary N) is 1. The fourth-order valence-corrected chi connectivity index (χ4v) is 3.64. The highest BCUT2D eigenvalue weighted by Gasteiger charge is 2.51. The average Bonchev–Trinajstić information content (AvgIpc) is 3.36. The minimum Gasteiger partial charge on any atom is -0.335 e. The van der Waals surface area contributed by atoms with E-state index in [0.29, 0.717) is 0 Å². The minimum atomic E-state index is -5.04. The third-order valence-electron chi connectivity index (χ3n) is 5.27. The van der Waals surface area contributed by atoms with Crippen molar-refractivity contribution in [3.05, 3.63) is 77.9 Å². The number of nitrogens with two attached hydrogens (primary N) is 1. The first-order valence-corrected chi connectivity index (χ1v) is 9.15. The lowest BCUT2D eigenvalue weighted by Gasteiger charge is -2.13. The zero-order valence-corrected chi connectivity index (χ0v) is 15.4. The molecule has 1 fully saturated rings. The molecule has 0 aromatic heterocycles. The van der Waals surface area contributed by atoms with Gasteiger partial charge in [0.15, 0.2) is 0 Å². The number of fused-ring (bicyclic) bond motifs is 1. The van der Waals surface area contributed by atoms with E-state index in [4.69, 9.17) is 5.73 Å². The van der Waals surface area contributed by atoms with Crippen molar-refractivity contribution in [2.75, 3.05) is 5.48 Å². The van der Waals surface area contributed by atoms with Gasteiger partial charge in [-0.05, 0) is 46.9 Å². The summed E-state index contributed by atoms with van der Waals surface area (Å²) in [7, 11) is 0. The number of rotatable bonds is 5. The maximum atomic E-state index is 12.2. The first kappa shape index (κ1) is 19.3. The molecular formula is C22H19F3N2O2. The Balaban J connectivity index is 1.39. The van der Waals surface area contributed by atoms with E-state index in [1.165, 1.54) is 16.3 Å². The van der Waals surface area contributed by atoms with Crippen LogP contribution in [0.4, 0.5) is 18.9 Å². The monoisotopic (exact) mass is 400 g/mol. The van der Waals surface area contributed by atoms with Crippen LogP contribution in [0.1, 0.15) is 23.5 Å². The van der Waals surface area contributed by atoms with Crippen molar-refractivity contribution < 1.29 is 22.8 Å². The lowest BCUT2D eigenvalue weighted by molar-refractivity contribution is -0.196. The number of hydrogen-bond donors (Lipinski definition) is 2.